The number of aliphatic imine (C=N–C) groups is 1. The van der Waals surface area contributed by atoms with Gasteiger partial charge in [0.15, 0.2) is 0 Å². The third-order valence-corrected chi connectivity index (χ3v) is 8.54. The molecule has 3 atom stereocenters. The molecule has 0 radical (unpaired) electrons. The van der Waals surface area contributed by atoms with Crippen molar-refractivity contribution >= 4 is 27.7 Å². The van der Waals surface area contributed by atoms with Crippen molar-refractivity contribution in [2.45, 2.75) is 30.2 Å². The molecule has 4 aromatic carbocycles. The summed E-state index contributed by atoms with van der Waals surface area (Å²) in [5.74, 6) is 1.22. The molecular formula is C32H28N2O3S. The first kappa shape index (κ1) is 24.2. The van der Waals surface area contributed by atoms with Crippen molar-refractivity contribution < 1.29 is 12.6 Å². The zero-order valence-corrected chi connectivity index (χ0v) is 21.8. The molecule has 5 nitrogen and oxygen atoms in total. The summed E-state index contributed by atoms with van der Waals surface area (Å²) in [6.07, 6.45) is 7.49. The lowest BCUT2D eigenvalue weighted by molar-refractivity contribution is 0.425. The zero-order chi connectivity index (χ0) is 26.1. The Hall–Kier alpha value is -4.16. The Kier molecular flexibility index (Phi) is 6.34. The van der Waals surface area contributed by atoms with Crippen LogP contribution in [0.2, 0.25) is 0 Å². The highest BCUT2D eigenvalue weighted by Crippen LogP contribution is 2.49. The van der Waals surface area contributed by atoms with Gasteiger partial charge in [-0.15, -0.1) is 0 Å². The lowest BCUT2D eigenvalue weighted by atomic mass is 9.77. The van der Waals surface area contributed by atoms with Crippen LogP contribution in [0, 0.1) is 12.8 Å². The molecule has 190 valence electrons. The highest BCUT2D eigenvalue weighted by Gasteiger charge is 2.37. The summed E-state index contributed by atoms with van der Waals surface area (Å²) >= 11 is 0. The molecule has 38 heavy (non-hydrogen) atoms. The number of fused-ring (bicyclic) bond motifs is 3. The molecule has 1 aliphatic carbocycles. The Balaban J connectivity index is 1.12. The minimum Gasteiger partial charge on any atom is -0.379 e. The largest absolute Gasteiger partial charge is 0.379 e. The maximum absolute atomic E-state index is 12.5. The molecule has 0 saturated heterocycles. The highest BCUT2D eigenvalue weighted by molar-refractivity contribution is 7.87. The van der Waals surface area contributed by atoms with Gasteiger partial charge in [-0.25, -0.2) is 0 Å². The monoisotopic (exact) mass is 520 g/mol. The summed E-state index contributed by atoms with van der Waals surface area (Å²) in [6, 6.07) is 30.7. The first-order valence-corrected chi connectivity index (χ1v) is 14.1. The van der Waals surface area contributed by atoms with Crippen molar-refractivity contribution in [1.29, 1.82) is 0 Å². The van der Waals surface area contributed by atoms with Crippen molar-refractivity contribution in [3.63, 3.8) is 0 Å². The number of rotatable bonds is 6. The first-order valence-electron chi connectivity index (χ1n) is 12.7. The van der Waals surface area contributed by atoms with E-state index < -0.39 is 10.1 Å². The van der Waals surface area contributed by atoms with Crippen LogP contribution in [0.1, 0.15) is 40.6 Å². The Morgan fingerprint density at radius 2 is 1.63 bits per heavy atom. The van der Waals surface area contributed by atoms with Crippen LogP contribution in [0.4, 0.5) is 11.4 Å². The second kappa shape index (κ2) is 9.95. The SMILES string of the molecule is Cc1ccc(S(=O)(=O)Oc2ccc(C=Nc3ccc([C@@H]4Nc5ccccc5[C@@H]5C=CC[C@@H]54)cc3)cc2)cc1. The second-order valence-corrected chi connectivity index (χ2v) is 11.4. The topological polar surface area (TPSA) is 67.8 Å². The van der Waals surface area contributed by atoms with E-state index in [9.17, 15) is 8.42 Å². The number of hydrogen-bond donors (Lipinski definition) is 1. The van der Waals surface area contributed by atoms with Crippen LogP contribution in [0.5, 0.6) is 5.75 Å². The zero-order valence-electron chi connectivity index (χ0n) is 21.0. The molecule has 0 saturated carbocycles. The molecule has 0 bridgehead atoms. The molecular weight excluding hydrogens is 492 g/mol. The Morgan fingerprint density at radius 3 is 2.39 bits per heavy atom. The van der Waals surface area contributed by atoms with Crippen molar-refractivity contribution in [2.24, 2.45) is 10.9 Å². The summed E-state index contributed by atoms with van der Waals surface area (Å²) in [5, 5.41) is 3.76. The quantitative estimate of drug-likeness (QED) is 0.164. The first-order chi connectivity index (χ1) is 18.5. The van der Waals surface area contributed by atoms with E-state index in [-0.39, 0.29) is 16.7 Å². The van der Waals surface area contributed by atoms with Gasteiger partial charge in [-0.05, 0) is 90.6 Å². The molecule has 2 aliphatic rings. The third-order valence-electron chi connectivity index (χ3n) is 7.28. The number of anilines is 1. The molecule has 1 heterocycles. The number of hydrogen-bond acceptors (Lipinski definition) is 5. The van der Waals surface area contributed by atoms with Crippen molar-refractivity contribution in [1.82, 2.24) is 0 Å². The average Bonchev–Trinajstić information content (AvgIpc) is 3.43. The number of allylic oxidation sites excluding steroid dienone is 2. The van der Waals surface area contributed by atoms with Crippen LogP contribution in [-0.4, -0.2) is 14.6 Å². The van der Waals surface area contributed by atoms with Gasteiger partial charge in [0.1, 0.15) is 10.6 Å². The fourth-order valence-electron chi connectivity index (χ4n) is 5.28. The van der Waals surface area contributed by atoms with Crippen molar-refractivity contribution in [2.75, 3.05) is 5.32 Å². The van der Waals surface area contributed by atoms with Crippen LogP contribution in [0.3, 0.4) is 0 Å². The fourth-order valence-corrected chi connectivity index (χ4v) is 6.21. The number of nitrogens with zero attached hydrogens (tertiary/aromatic N) is 1. The predicted molar refractivity (Wildman–Crippen MR) is 152 cm³/mol. The normalized spacial score (nSPS) is 20.1. The van der Waals surface area contributed by atoms with Gasteiger partial charge < -0.3 is 9.50 Å². The van der Waals surface area contributed by atoms with Crippen LogP contribution >= 0.6 is 0 Å². The maximum atomic E-state index is 12.5. The Bertz CT molecular complexity index is 1610. The van der Waals surface area contributed by atoms with Gasteiger partial charge in [0.2, 0.25) is 0 Å². The molecule has 4 aromatic rings. The summed E-state index contributed by atoms with van der Waals surface area (Å²) in [4.78, 5) is 4.74. The third kappa shape index (κ3) is 4.87. The minimum absolute atomic E-state index is 0.129. The van der Waals surface area contributed by atoms with Gasteiger partial charge in [0.25, 0.3) is 0 Å². The van der Waals surface area contributed by atoms with Crippen LogP contribution in [-0.2, 0) is 10.1 Å². The van der Waals surface area contributed by atoms with E-state index in [4.69, 9.17) is 4.18 Å². The van der Waals surface area contributed by atoms with Gasteiger partial charge >= 0.3 is 10.1 Å². The van der Waals surface area contributed by atoms with E-state index in [0.717, 1.165) is 23.2 Å². The van der Waals surface area contributed by atoms with Crippen LogP contribution < -0.4 is 9.50 Å². The van der Waals surface area contributed by atoms with Gasteiger partial charge in [-0.2, -0.15) is 8.42 Å². The van der Waals surface area contributed by atoms with Crippen LogP contribution in [0.15, 0.2) is 119 Å². The lowest BCUT2D eigenvalue weighted by Gasteiger charge is -2.37. The van der Waals surface area contributed by atoms with Crippen molar-refractivity contribution in [3.8, 4) is 5.75 Å². The van der Waals surface area contributed by atoms with Gasteiger partial charge in [-0.3, -0.25) is 4.99 Å². The summed E-state index contributed by atoms with van der Waals surface area (Å²) in [5.41, 5.74) is 6.54. The standard InChI is InChI=1S/C32H28N2O3S/c1-22-9-19-27(20-10-22)38(35,36)37-26-17-11-23(12-18-26)21-33-25-15-13-24(14-16-25)32-30-7-4-6-28(30)29-5-2-3-8-31(29)34-32/h2-6,8-21,28,30,32,34H,7H2,1H3/t28-,30-,32-/m0/s1. The van der Waals surface area contributed by atoms with E-state index >= 15 is 0 Å². The van der Waals surface area contributed by atoms with Gasteiger partial charge in [0, 0.05) is 17.8 Å². The summed E-state index contributed by atoms with van der Waals surface area (Å²) in [6.45, 7) is 1.90. The van der Waals surface area contributed by atoms with E-state index in [1.807, 2.05) is 19.1 Å². The number of nitrogens with one attached hydrogen (secondary N) is 1. The average molecular weight is 521 g/mol. The number of aryl methyl sites for hydroxylation is 1. The number of benzene rings is 4. The highest BCUT2D eigenvalue weighted by atomic mass is 32.2. The molecule has 6 heteroatoms. The van der Waals surface area contributed by atoms with E-state index in [1.54, 1.807) is 54.7 Å². The van der Waals surface area contributed by atoms with E-state index in [0.29, 0.717) is 11.8 Å². The molecule has 1 aliphatic heterocycles. The molecule has 0 amide bonds. The smallest absolute Gasteiger partial charge is 0.339 e. The Labute approximate surface area is 223 Å². The van der Waals surface area contributed by atoms with Crippen LogP contribution in [0.25, 0.3) is 0 Å². The van der Waals surface area contributed by atoms with Crippen molar-refractivity contribution in [3.05, 3.63) is 131 Å². The number of para-hydroxylation sites is 1. The second-order valence-electron chi connectivity index (χ2n) is 9.83. The molecule has 0 unspecified atom stereocenters. The van der Waals surface area contributed by atoms with Gasteiger partial charge in [-0.1, -0.05) is 60.2 Å². The molecule has 0 fully saturated rings. The predicted octanol–water partition coefficient (Wildman–Crippen LogP) is 7.34. The molecule has 1 N–H and O–H groups in total. The molecule has 6 rings (SSSR count). The minimum atomic E-state index is -3.88. The molecule has 0 aromatic heterocycles. The fraction of sp³-hybridized carbons (Fsp3) is 0.156. The van der Waals surface area contributed by atoms with E-state index in [2.05, 4.69) is 58.9 Å². The summed E-state index contributed by atoms with van der Waals surface area (Å²) < 4.78 is 30.3. The Morgan fingerprint density at radius 1 is 0.895 bits per heavy atom. The lowest BCUT2D eigenvalue weighted by Crippen LogP contribution is -2.28. The molecule has 0 spiro atoms. The summed E-state index contributed by atoms with van der Waals surface area (Å²) in [7, 11) is -3.88. The van der Waals surface area contributed by atoms with Gasteiger partial charge in [0.05, 0.1) is 11.7 Å². The maximum Gasteiger partial charge on any atom is 0.339 e. The van der Waals surface area contributed by atoms with E-state index in [1.165, 1.54) is 16.8 Å².